The van der Waals surface area contributed by atoms with E-state index < -0.39 is 28.5 Å². The number of sulfonamides is 1. The average molecular weight is 560 g/mol. The second kappa shape index (κ2) is 13.7. The molecule has 0 heterocycles. The minimum absolute atomic E-state index is 0.0855. The lowest BCUT2D eigenvalue weighted by Gasteiger charge is -2.34. The summed E-state index contributed by atoms with van der Waals surface area (Å²) in [5, 5.41) is 3.15. The molecule has 0 aromatic heterocycles. The number of carbonyl (C=O) groups excluding carboxylic acids is 2. The van der Waals surface area contributed by atoms with Crippen molar-refractivity contribution in [2.45, 2.75) is 71.0 Å². The number of amides is 2. The monoisotopic (exact) mass is 559 g/mol. The predicted octanol–water partition coefficient (Wildman–Crippen LogP) is 4.03. The summed E-state index contributed by atoms with van der Waals surface area (Å²) in [6.07, 6.45) is 6.58. The molecular weight excluding hydrogens is 518 g/mol. The van der Waals surface area contributed by atoms with E-state index in [0.717, 1.165) is 53.8 Å². The van der Waals surface area contributed by atoms with Crippen molar-refractivity contribution in [3.05, 3.63) is 53.6 Å². The van der Waals surface area contributed by atoms with Crippen molar-refractivity contribution in [2.24, 2.45) is 0 Å². The molecule has 1 N–H and O–H groups in total. The zero-order valence-corrected chi connectivity index (χ0v) is 24.4. The lowest BCUT2D eigenvalue weighted by atomic mass is 9.95. The Morgan fingerprint density at radius 3 is 2.26 bits per heavy atom. The third-order valence-electron chi connectivity index (χ3n) is 7.13. The summed E-state index contributed by atoms with van der Waals surface area (Å²) in [4.78, 5) is 28.9. The van der Waals surface area contributed by atoms with Crippen molar-refractivity contribution in [2.75, 3.05) is 31.3 Å². The van der Waals surface area contributed by atoms with Gasteiger partial charge in [-0.3, -0.25) is 13.9 Å². The number of methoxy groups -OCH3 is 2. The lowest BCUT2D eigenvalue weighted by Crippen LogP contribution is -2.54. The molecule has 9 nitrogen and oxygen atoms in total. The van der Waals surface area contributed by atoms with Crippen LogP contribution >= 0.6 is 0 Å². The second-order valence-corrected chi connectivity index (χ2v) is 12.0. The summed E-state index contributed by atoms with van der Waals surface area (Å²) in [6, 6.07) is 11.7. The number of ether oxygens (including phenoxy) is 2. The van der Waals surface area contributed by atoms with Gasteiger partial charge in [-0.2, -0.15) is 0 Å². The first kappa shape index (κ1) is 30.3. The maximum Gasteiger partial charge on any atom is 0.244 e. The van der Waals surface area contributed by atoms with E-state index in [4.69, 9.17) is 9.47 Å². The molecule has 39 heavy (non-hydrogen) atoms. The van der Waals surface area contributed by atoms with Gasteiger partial charge in [0.25, 0.3) is 0 Å². The van der Waals surface area contributed by atoms with Crippen LogP contribution in [-0.4, -0.2) is 64.2 Å². The molecule has 0 bridgehead atoms. The van der Waals surface area contributed by atoms with Crippen LogP contribution in [0.15, 0.2) is 42.5 Å². The van der Waals surface area contributed by atoms with Crippen LogP contribution in [0.2, 0.25) is 0 Å². The highest BCUT2D eigenvalue weighted by molar-refractivity contribution is 7.92. The van der Waals surface area contributed by atoms with Crippen molar-refractivity contribution in [3.8, 4) is 11.5 Å². The summed E-state index contributed by atoms with van der Waals surface area (Å²) >= 11 is 0. The smallest absolute Gasteiger partial charge is 0.244 e. The van der Waals surface area contributed by atoms with Crippen molar-refractivity contribution in [3.63, 3.8) is 0 Å². The van der Waals surface area contributed by atoms with Gasteiger partial charge < -0.3 is 19.7 Å². The molecule has 10 heteroatoms. The highest BCUT2D eigenvalue weighted by Crippen LogP contribution is 2.31. The third kappa shape index (κ3) is 8.11. The number of aryl methyl sites for hydroxylation is 1. The number of carbonyl (C=O) groups is 2. The van der Waals surface area contributed by atoms with Crippen molar-refractivity contribution >= 4 is 27.5 Å². The molecular formula is C29H41N3O6S. The SMILES string of the molecule is CC[C@@H](C(=O)NC1CCCCC1)N(Cc1ccc(OC)cc1)C(=O)CN(c1cc(C)ccc1OC)S(C)(=O)=O. The Morgan fingerprint density at radius 1 is 1.03 bits per heavy atom. The van der Waals surface area contributed by atoms with Gasteiger partial charge in [-0.1, -0.05) is 44.4 Å². The van der Waals surface area contributed by atoms with Crippen LogP contribution < -0.4 is 19.1 Å². The molecule has 0 aliphatic heterocycles. The van der Waals surface area contributed by atoms with E-state index in [1.54, 1.807) is 31.4 Å². The van der Waals surface area contributed by atoms with E-state index in [2.05, 4.69) is 5.32 Å². The van der Waals surface area contributed by atoms with Gasteiger partial charge in [0.1, 0.15) is 24.1 Å². The van der Waals surface area contributed by atoms with Crippen LogP contribution in [-0.2, 0) is 26.2 Å². The van der Waals surface area contributed by atoms with Crippen LogP contribution in [0.5, 0.6) is 11.5 Å². The fourth-order valence-electron chi connectivity index (χ4n) is 4.98. The molecule has 1 saturated carbocycles. The van der Waals surface area contributed by atoms with Crippen LogP contribution in [0.1, 0.15) is 56.6 Å². The maximum atomic E-state index is 14.0. The Morgan fingerprint density at radius 2 is 1.69 bits per heavy atom. The van der Waals surface area contributed by atoms with Crippen LogP contribution in [0, 0.1) is 6.92 Å². The number of benzene rings is 2. The predicted molar refractivity (Wildman–Crippen MR) is 153 cm³/mol. The molecule has 0 saturated heterocycles. The van der Waals surface area contributed by atoms with E-state index >= 15 is 0 Å². The van der Waals surface area contributed by atoms with E-state index in [0.29, 0.717) is 17.9 Å². The largest absolute Gasteiger partial charge is 0.497 e. The Hall–Kier alpha value is -3.27. The highest BCUT2D eigenvalue weighted by Gasteiger charge is 2.33. The molecule has 214 valence electrons. The number of hydrogen-bond donors (Lipinski definition) is 1. The van der Waals surface area contributed by atoms with Gasteiger partial charge in [0, 0.05) is 12.6 Å². The zero-order chi connectivity index (χ0) is 28.6. The van der Waals surface area contributed by atoms with Gasteiger partial charge in [-0.05, 0) is 61.6 Å². The number of nitrogens with one attached hydrogen (secondary N) is 1. The molecule has 1 aliphatic rings. The van der Waals surface area contributed by atoms with E-state index in [-0.39, 0.29) is 24.2 Å². The molecule has 2 aromatic carbocycles. The fourth-order valence-corrected chi connectivity index (χ4v) is 5.83. The maximum absolute atomic E-state index is 14.0. The van der Waals surface area contributed by atoms with Crippen molar-refractivity contribution < 1.29 is 27.5 Å². The molecule has 1 atom stereocenters. The number of hydrogen-bond acceptors (Lipinski definition) is 6. The average Bonchev–Trinajstić information content (AvgIpc) is 2.91. The molecule has 1 fully saturated rings. The lowest BCUT2D eigenvalue weighted by molar-refractivity contribution is -0.140. The fraction of sp³-hybridized carbons (Fsp3) is 0.517. The summed E-state index contributed by atoms with van der Waals surface area (Å²) in [6.45, 7) is 3.37. The van der Waals surface area contributed by atoms with E-state index in [1.165, 1.54) is 12.0 Å². The molecule has 0 spiro atoms. The molecule has 3 rings (SSSR count). The van der Waals surface area contributed by atoms with E-state index in [9.17, 15) is 18.0 Å². The quantitative estimate of drug-likeness (QED) is 0.421. The minimum Gasteiger partial charge on any atom is -0.497 e. The summed E-state index contributed by atoms with van der Waals surface area (Å²) in [5.74, 6) is 0.312. The van der Waals surface area contributed by atoms with Crippen molar-refractivity contribution in [1.29, 1.82) is 0 Å². The Balaban J connectivity index is 1.96. The van der Waals surface area contributed by atoms with E-state index in [1.807, 2.05) is 32.0 Å². The first-order chi connectivity index (χ1) is 18.6. The standard InChI is InChI=1S/C29H41N3O6S/c1-6-25(29(34)30-23-10-8-7-9-11-23)31(19-22-13-15-24(37-3)16-14-22)28(33)20-32(39(5,35)36)26-18-21(2)12-17-27(26)38-4/h12-18,23,25H,6-11,19-20H2,1-5H3,(H,30,34)/t25-/m0/s1. The Bertz CT molecular complexity index is 1230. The summed E-state index contributed by atoms with van der Waals surface area (Å²) < 4.78 is 37.6. The molecule has 1 aliphatic carbocycles. The molecule has 2 amide bonds. The normalized spacial score (nSPS) is 14.8. The molecule has 2 aromatic rings. The second-order valence-electron chi connectivity index (χ2n) is 10.1. The van der Waals surface area contributed by atoms with Crippen LogP contribution in [0.3, 0.4) is 0 Å². The Labute approximate surface area is 232 Å². The van der Waals surface area contributed by atoms with Gasteiger partial charge >= 0.3 is 0 Å². The van der Waals surface area contributed by atoms with Gasteiger partial charge in [0.15, 0.2) is 0 Å². The van der Waals surface area contributed by atoms with Gasteiger partial charge in [-0.15, -0.1) is 0 Å². The number of rotatable bonds is 12. The van der Waals surface area contributed by atoms with Crippen LogP contribution in [0.25, 0.3) is 0 Å². The number of nitrogens with zero attached hydrogens (tertiary/aromatic N) is 2. The van der Waals surface area contributed by atoms with Crippen molar-refractivity contribution in [1.82, 2.24) is 10.2 Å². The van der Waals surface area contributed by atoms with Gasteiger partial charge in [-0.25, -0.2) is 8.42 Å². The number of anilines is 1. The molecule has 0 radical (unpaired) electrons. The first-order valence-corrected chi connectivity index (χ1v) is 15.3. The van der Waals surface area contributed by atoms with Gasteiger partial charge in [0.2, 0.25) is 21.8 Å². The minimum atomic E-state index is -3.86. The highest BCUT2D eigenvalue weighted by atomic mass is 32.2. The first-order valence-electron chi connectivity index (χ1n) is 13.4. The van der Waals surface area contributed by atoms with Gasteiger partial charge in [0.05, 0.1) is 26.2 Å². The third-order valence-corrected chi connectivity index (χ3v) is 8.26. The topological polar surface area (TPSA) is 105 Å². The summed E-state index contributed by atoms with van der Waals surface area (Å²) in [7, 11) is -0.835. The zero-order valence-electron chi connectivity index (χ0n) is 23.6. The van der Waals surface area contributed by atoms with Crippen LogP contribution in [0.4, 0.5) is 5.69 Å². The Kier molecular flexibility index (Phi) is 10.6. The summed E-state index contributed by atoms with van der Waals surface area (Å²) in [5.41, 5.74) is 1.89. The molecule has 0 unspecified atom stereocenters.